The molecule has 0 saturated carbocycles. The van der Waals surface area contributed by atoms with Crippen LogP contribution in [0.4, 0.5) is 0 Å². The summed E-state index contributed by atoms with van der Waals surface area (Å²) in [6.07, 6.45) is 2.96. The molecule has 1 atom stereocenters. The standard InChI is InChI=1S/C26H34N4O4S2/c1-34-19-4-5-21-20(15-19)24(18(16-27)17-28-21)22(31)6-7-26(25(32)29-33)8-10-30(11-9-26)12-14-36-23-3-2-13-35-23/h2-5,13,15,17,22,31,33H,6-12,14,16,27H2,1H3,(H,29,32). The molecule has 0 radical (unpaired) electrons. The maximum atomic E-state index is 12.8. The van der Waals surface area contributed by atoms with Gasteiger partial charge in [-0.1, -0.05) is 6.07 Å². The molecule has 10 heteroatoms. The molecule has 1 saturated heterocycles. The molecule has 194 valence electrons. The van der Waals surface area contributed by atoms with Crippen molar-refractivity contribution in [1.82, 2.24) is 15.4 Å². The number of ether oxygens (including phenoxy) is 1. The van der Waals surface area contributed by atoms with Gasteiger partial charge in [0.25, 0.3) is 0 Å². The minimum atomic E-state index is -0.829. The van der Waals surface area contributed by atoms with Gasteiger partial charge in [-0.15, -0.1) is 23.1 Å². The largest absolute Gasteiger partial charge is 0.497 e. The van der Waals surface area contributed by atoms with Gasteiger partial charge in [-0.25, -0.2) is 5.48 Å². The maximum absolute atomic E-state index is 12.8. The van der Waals surface area contributed by atoms with E-state index in [0.29, 0.717) is 31.4 Å². The monoisotopic (exact) mass is 530 g/mol. The Hall–Kier alpha value is -2.21. The van der Waals surface area contributed by atoms with Crippen molar-refractivity contribution in [3.63, 3.8) is 0 Å². The van der Waals surface area contributed by atoms with Crippen LogP contribution in [0.2, 0.25) is 0 Å². The molecule has 1 aromatic carbocycles. The Balaban J connectivity index is 1.44. The number of nitrogens with one attached hydrogen (secondary N) is 1. The van der Waals surface area contributed by atoms with E-state index in [9.17, 15) is 15.1 Å². The van der Waals surface area contributed by atoms with Crippen LogP contribution in [0.25, 0.3) is 10.9 Å². The highest BCUT2D eigenvalue weighted by Gasteiger charge is 2.41. The first kappa shape index (κ1) is 26.8. The van der Waals surface area contributed by atoms with Crippen molar-refractivity contribution < 1.29 is 19.8 Å². The lowest BCUT2D eigenvalue weighted by Gasteiger charge is -2.40. The summed E-state index contributed by atoms with van der Waals surface area (Å²) in [6, 6.07) is 9.75. The number of hydrogen-bond donors (Lipinski definition) is 4. The lowest BCUT2D eigenvalue weighted by Crippen LogP contribution is -2.48. The molecule has 4 rings (SSSR count). The molecule has 1 amide bonds. The Morgan fingerprint density at radius 1 is 1.36 bits per heavy atom. The second-order valence-corrected chi connectivity index (χ2v) is 11.5. The van der Waals surface area contributed by atoms with Crippen LogP contribution in [0.15, 0.2) is 46.1 Å². The third kappa shape index (κ3) is 6.01. The first-order valence-corrected chi connectivity index (χ1v) is 14.0. The van der Waals surface area contributed by atoms with Gasteiger partial charge in [0.15, 0.2) is 0 Å². The summed E-state index contributed by atoms with van der Waals surface area (Å²) in [7, 11) is 1.60. The van der Waals surface area contributed by atoms with Crippen LogP contribution in [0.3, 0.4) is 0 Å². The predicted molar refractivity (Wildman–Crippen MR) is 143 cm³/mol. The molecule has 0 bridgehead atoms. The van der Waals surface area contributed by atoms with Gasteiger partial charge >= 0.3 is 0 Å². The minimum Gasteiger partial charge on any atom is -0.497 e. The van der Waals surface area contributed by atoms with Gasteiger partial charge < -0.3 is 20.5 Å². The van der Waals surface area contributed by atoms with E-state index in [0.717, 1.165) is 47.4 Å². The number of carbonyl (C=O) groups excluding carboxylic acids is 1. The molecule has 3 aromatic rings. The van der Waals surface area contributed by atoms with Gasteiger partial charge in [0.2, 0.25) is 5.91 Å². The van der Waals surface area contributed by atoms with E-state index in [2.05, 4.69) is 27.4 Å². The Kier molecular flexibility index (Phi) is 9.21. The number of thioether (sulfide) groups is 1. The molecule has 5 N–H and O–H groups in total. The van der Waals surface area contributed by atoms with Crippen LogP contribution in [0, 0.1) is 5.41 Å². The fourth-order valence-corrected chi connectivity index (χ4v) is 6.87. The number of fused-ring (bicyclic) bond motifs is 1. The number of amides is 1. The second-order valence-electron chi connectivity index (χ2n) is 9.18. The van der Waals surface area contributed by atoms with Gasteiger partial charge in [0.1, 0.15) is 5.75 Å². The van der Waals surface area contributed by atoms with Crippen LogP contribution < -0.4 is 16.0 Å². The lowest BCUT2D eigenvalue weighted by atomic mass is 9.73. The Labute approximate surface area is 219 Å². The molecular weight excluding hydrogens is 496 g/mol. The molecule has 1 fully saturated rings. The number of pyridine rings is 1. The Morgan fingerprint density at radius 2 is 2.17 bits per heavy atom. The topological polar surface area (TPSA) is 121 Å². The van der Waals surface area contributed by atoms with E-state index >= 15 is 0 Å². The highest BCUT2D eigenvalue weighted by Crippen LogP contribution is 2.40. The van der Waals surface area contributed by atoms with Crippen molar-refractivity contribution in [2.24, 2.45) is 11.1 Å². The minimum absolute atomic E-state index is 0.243. The zero-order chi connectivity index (χ0) is 25.5. The highest BCUT2D eigenvalue weighted by molar-refractivity contribution is 8.01. The maximum Gasteiger partial charge on any atom is 0.249 e. The van der Waals surface area contributed by atoms with E-state index in [1.165, 1.54) is 4.21 Å². The van der Waals surface area contributed by atoms with Gasteiger partial charge in [0.05, 0.1) is 28.4 Å². The molecule has 1 aliphatic rings. The molecule has 1 unspecified atom stereocenters. The number of piperidine rings is 1. The summed E-state index contributed by atoms with van der Waals surface area (Å²) >= 11 is 3.60. The van der Waals surface area contributed by atoms with Gasteiger partial charge in [0, 0.05) is 30.4 Å². The van der Waals surface area contributed by atoms with Crippen LogP contribution in [0.1, 0.15) is 42.9 Å². The predicted octanol–water partition coefficient (Wildman–Crippen LogP) is 3.96. The molecule has 2 aromatic heterocycles. The number of rotatable bonds is 11. The fraction of sp³-hybridized carbons (Fsp3) is 0.462. The molecule has 0 spiro atoms. The number of aromatic nitrogens is 1. The zero-order valence-corrected chi connectivity index (χ0v) is 22.1. The van der Waals surface area contributed by atoms with Crippen molar-refractivity contribution in [2.45, 2.75) is 42.5 Å². The Bertz CT molecular complexity index is 1150. The first-order valence-electron chi connectivity index (χ1n) is 12.2. The van der Waals surface area contributed by atoms with Crippen molar-refractivity contribution >= 4 is 39.9 Å². The summed E-state index contributed by atoms with van der Waals surface area (Å²) in [5, 5.41) is 23.7. The van der Waals surface area contributed by atoms with Gasteiger partial charge in [-0.05, 0) is 79.5 Å². The molecular formula is C26H34N4O4S2. The molecule has 1 aliphatic heterocycles. The van der Waals surface area contributed by atoms with Gasteiger partial charge in [-0.3, -0.25) is 15.0 Å². The number of carbonyl (C=O) groups is 1. The summed E-state index contributed by atoms with van der Waals surface area (Å²) in [5.41, 5.74) is 9.39. The number of likely N-dealkylation sites (tertiary alicyclic amines) is 1. The average Bonchev–Trinajstić information content (AvgIpc) is 3.44. The number of nitrogens with two attached hydrogens (primary N) is 1. The summed E-state index contributed by atoms with van der Waals surface area (Å²) in [4.78, 5) is 19.7. The van der Waals surface area contributed by atoms with E-state index in [1.54, 1.807) is 24.6 Å². The number of nitrogens with zero attached hydrogens (tertiary/aromatic N) is 2. The lowest BCUT2D eigenvalue weighted by molar-refractivity contribution is -0.143. The third-order valence-corrected chi connectivity index (χ3v) is 9.30. The van der Waals surface area contributed by atoms with E-state index < -0.39 is 11.5 Å². The number of thiophene rings is 1. The third-order valence-electron chi connectivity index (χ3n) is 7.19. The Morgan fingerprint density at radius 3 is 2.83 bits per heavy atom. The smallest absolute Gasteiger partial charge is 0.249 e. The zero-order valence-electron chi connectivity index (χ0n) is 20.5. The number of aliphatic hydroxyl groups is 1. The van der Waals surface area contributed by atoms with Crippen molar-refractivity contribution in [3.8, 4) is 5.75 Å². The van der Waals surface area contributed by atoms with Crippen LogP contribution in [-0.4, -0.2) is 58.6 Å². The van der Waals surface area contributed by atoms with E-state index in [4.69, 9.17) is 10.5 Å². The second kappa shape index (κ2) is 12.4. The summed E-state index contributed by atoms with van der Waals surface area (Å²) in [5.74, 6) is 1.30. The number of hydroxylamine groups is 1. The SMILES string of the molecule is COc1ccc2ncc(CN)c(C(O)CCC3(C(=O)NO)CCN(CCSc4cccs4)CC3)c2c1. The van der Waals surface area contributed by atoms with E-state index in [-0.39, 0.29) is 12.5 Å². The van der Waals surface area contributed by atoms with Crippen LogP contribution in [-0.2, 0) is 11.3 Å². The molecule has 36 heavy (non-hydrogen) atoms. The number of benzene rings is 1. The van der Waals surface area contributed by atoms with Crippen LogP contribution in [0.5, 0.6) is 5.75 Å². The quantitative estimate of drug-likeness (QED) is 0.167. The first-order chi connectivity index (χ1) is 17.5. The van der Waals surface area contributed by atoms with Crippen molar-refractivity contribution in [1.29, 1.82) is 0 Å². The van der Waals surface area contributed by atoms with Crippen molar-refractivity contribution in [2.75, 3.05) is 32.5 Å². The number of methoxy groups -OCH3 is 1. The fourth-order valence-electron chi connectivity index (χ4n) is 5.01. The molecule has 3 heterocycles. The number of hydrogen-bond acceptors (Lipinski definition) is 9. The van der Waals surface area contributed by atoms with E-state index in [1.807, 2.05) is 35.4 Å². The van der Waals surface area contributed by atoms with Crippen molar-refractivity contribution in [3.05, 3.63) is 53.0 Å². The summed E-state index contributed by atoms with van der Waals surface area (Å²) < 4.78 is 6.69. The number of aliphatic hydroxyl groups excluding tert-OH is 1. The summed E-state index contributed by atoms with van der Waals surface area (Å²) in [6.45, 7) is 2.75. The molecule has 0 aliphatic carbocycles. The van der Waals surface area contributed by atoms with Crippen LogP contribution >= 0.6 is 23.1 Å². The average molecular weight is 531 g/mol. The van der Waals surface area contributed by atoms with Gasteiger partial charge in [-0.2, -0.15) is 0 Å². The highest BCUT2D eigenvalue weighted by atomic mass is 32.2. The molecule has 8 nitrogen and oxygen atoms in total. The normalized spacial score (nSPS) is 16.7.